The van der Waals surface area contributed by atoms with Crippen LogP contribution in [0.15, 0.2) is 24.4 Å². The fourth-order valence-corrected chi connectivity index (χ4v) is 4.84. The number of carbonyl (C=O) groups excluding carboxylic acids is 1. The van der Waals surface area contributed by atoms with E-state index in [2.05, 4.69) is 48.6 Å². The van der Waals surface area contributed by atoms with Gasteiger partial charge in [-0.3, -0.25) is 14.0 Å². The van der Waals surface area contributed by atoms with E-state index in [1.165, 1.54) is 0 Å². The number of Topliss-reactive ketones (excluding diaryl/α,β-unsaturated/α-hetero) is 1. The molecule has 47 heavy (non-hydrogen) atoms. The Morgan fingerprint density at radius 3 is 1.70 bits per heavy atom. The van der Waals surface area contributed by atoms with Gasteiger partial charge in [0.15, 0.2) is 5.78 Å². The van der Waals surface area contributed by atoms with Gasteiger partial charge in [0.1, 0.15) is 5.69 Å². The van der Waals surface area contributed by atoms with Crippen LogP contribution >= 0.6 is 22.6 Å². The summed E-state index contributed by atoms with van der Waals surface area (Å²) in [6.45, 7) is 10.9. The second kappa shape index (κ2) is 26.4. The molecule has 0 spiro atoms. The van der Waals surface area contributed by atoms with E-state index in [1.807, 2.05) is 18.2 Å². The molecule has 1 heterocycles. The van der Waals surface area contributed by atoms with Gasteiger partial charge in [0, 0.05) is 16.5 Å². The van der Waals surface area contributed by atoms with Crippen molar-refractivity contribution in [3.63, 3.8) is 0 Å². The zero-order valence-electron chi connectivity index (χ0n) is 27.6. The van der Waals surface area contributed by atoms with Crippen LogP contribution in [0.3, 0.4) is 0 Å². The van der Waals surface area contributed by atoms with Crippen molar-refractivity contribution in [1.82, 2.24) is 14.9 Å². The zero-order chi connectivity index (χ0) is 34.0. The number of ketones is 1. The normalized spacial score (nSPS) is 12.0. The third-order valence-corrected chi connectivity index (χ3v) is 7.69. The smallest absolute Gasteiger partial charge is 0.264 e. The molecule has 0 N–H and O–H groups in total. The number of nitrogens with zero attached hydrogens (tertiary/aromatic N) is 3. The molecule has 1 aromatic heterocycles. The van der Waals surface area contributed by atoms with Gasteiger partial charge in [-0.25, -0.2) is 4.98 Å². The summed E-state index contributed by atoms with van der Waals surface area (Å²) >= 11 is 2.23. The van der Waals surface area contributed by atoms with Crippen LogP contribution in [-0.4, -0.2) is 154 Å². The Hall–Kier alpha value is -1.45. The minimum Gasteiger partial charge on any atom is -0.378 e. The average Bonchev–Trinajstić information content (AvgIpc) is 3.05. The van der Waals surface area contributed by atoms with Crippen molar-refractivity contribution in [3.05, 3.63) is 33.7 Å². The van der Waals surface area contributed by atoms with Crippen LogP contribution in [0.25, 0.3) is 11.0 Å². The third kappa shape index (κ3) is 22.0. The number of halogens is 1. The molecule has 0 aliphatic carbocycles. The summed E-state index contributed by atoms with van der Waals surface area (Å²) in [7, 11) is -3.43. The van der Waals surface area contributed by atoms with E-state index in [4.69, 9.17) is 33.2 Å². The highest BCUT2D eigenvalue weighted by Crippen LogP contribution is 2.15. The molecule has 268 valence electrons. The number of hydrogen-bond acceptors (Lipinski definition) is 14. The first-order valence-corrected chi connectivity index (χ1v) is 18.7. The molecule has 0 bridgehead atoms. The van der Waals surface area contributed by atoms with E-state index in [0.29, 0.717) is 98.0 Å². The van der Waals surface area contributed by atoms with Gasteiger partial charge in [0.2, 0.25) is 0 Å². The lowest BCUT2D eigenvalue weighted by Crippen LogP contribution is -2.29. The molecular weight excluding hydrogens is 749 g/mol. The highest BCUT2D eigenvalue weighted by atomic mass is 127. The Morgan fingerprint density at radius 1 is 0.723 bits per heavy atom. The number of fused-ring (bicyclic) bond motifs is 1. The SMILES string of the molecule is CCN(CCCC(=O)c1cnc2cc(I)ccc2n1)CCOCCOCCOCCOCCOCCOCCOCCOS(C)(=O)=O. The summed E-state index contributed by atoms with van der Waals surface area (Å²) in [5.41, 5.74) is 1.96. The van der Waals surface area contributed by atoms with Crippen LogP contribution < -0.4 is 0 Å². The Labute approximate surface area is 292 Å². The molecule has 0 saturated carbocycles. The molecular formula is C31H50IN3O11S. The Balaban J connectivity index is 1.30. The van der Waals surface area contributed by atoms with Gasteiger partial charge < -0.3 is 38.1 Å². The summed E-state index contributed by atoms with van der Waals surface area (Å²) in [6, 6.07) is 5.81. The predicted octanol–water partition coefficient (Wildman–Crippen LogP) is 2.61. The molecule has 0 aliphatic rings. The summed E-state index contributed by atoms with van der Waals surface area (Å²) in [5, 5.41) is 0. The number of likely N-dealkylation sites (N-methyl/N-ethyl adjacent to an activating group) is 1. The van der Waals surface area contributed by atoms with E-state index in [-0.39, 0.29) is 19.0 Å². The van der Waals surface area contributed by atoms with E-state index >= 15 is 0 Å². The molecule has 0 atom stereocenters. The van der Waals surface area contributed by atoms with Crippen LogP contribution in [0.4, 0.5) is 0 Å². The maximum absolute atomic E-state index is 12.6. The van der Waals surface area contributed by atoms with E-state index in [0.717, 1.165) is 46.9 Å². The van der Waals surface area contributed by atoms with Gasteiger partial charge in [-0.1, -0.05) is 6.92 Å². The topological polar surface area (TPSA) is 154 Å². The first kappa shape index (κ1) is 41.7. The van der Waals surface area contributed by atoms with Crippen molar-refractivity contribution in [2.75, 3.05) is 125 Å². The monoisotopic (exact) mass is 799 g/mol. The van der Waals surface area contributed by atoms with Crippen molar-refractivity contribution in [3.8, 4) is 0 Å². The lowest BCUT2D eigenvalue weighted by atomic mass is 10.1. The quantitative estimate of drug-likeness (QED) is 0.0475. The van der Waals surface area contributed by atoms with Crippen molar-refractivity contribution in [2.45, 2.75) is 19.8 Å². The fourth-order valence-electron chi connectivity index (χ4n) is 4.00. The fraction of sp³-hybridized carbons (Fsp3) is 0.710. The third-order valence-electron chi connectivity index (χ3n) is 6.42. The lowest BCUT2D eigenvalue weighted by Gasteiger charge is -2.20. The first-order chi connectivity index (χ1) is 22.8. The summed E-state index contributed by atoms with van der Waals surface area (Å²) in [6.07, 6.45) is 3.76. The minimum absolute atomic E-state index is 0.00462. The Bertz CT molecular complexity index is 1230. The van der Waals surface area contributed by atoms with Crippen molar-refractivity contribution < 1.29 is 50.6 Å². The molecule has 0 amide bonds. The number of aromatic nitrogens is 2. The van der Waals surface area contributed by atoms with E-state index in [1.54, 1.807) is 6.20 Å². The Kier molecular flexibility index (Phi) is 23.5. The van der Waals surface area contributed by atoms with Gasteiger partial charge in [0.25, 0.3) is 10.1 Å². The lowest BCUT2D eigenvalue weighted by molar-refractivity contribution is -0.0216. The maximum atomic E-state index is 12.6. The molecule has 2 aromatic rings. The molecule has 0 saturated heterocycles. The summed E-state index contributed by atoms with van der Waals surface area (Å²) in [4.78, 5) is 23.7. The highest BCUT2D eigenvalue weighted by Gasteiger charge is 2.11. The van der Waals surface area contributed by atoms with Crippen molar-refractivity contribution in [1.29, 1.82) is 0 Å². The van der Waals surface area contributed by atoms with Crippen LogP contribution in [0, 0.1) is 3.57 Å². The first-order valence-electron chi connectivity index (χ1n) is 15.8. The molecule has 0 fully saturated rings. The van der Waals surface area contributed by atoms with Crippen LogP contribution in [0.1, 0.15) is 30.3 Å². The predicted molar refractivity (Wildman–Crippen MR) is 184 cm³/mol. The maximum Gasteiger partial charge on any atom is 0.264 e. The van der Waals surface area contributed by atoms with Gasteiger partial charge in [-0.15, -0.1) is 0 Å². The largest absolute Gasteiger partial charge is 0.378 e. The minimum atomic E-state index is -3.43. The van der Waals surface area contributed by atoms with Crippen LogP contribution in [0.5, 0.6) is 0 Å². The second-order valence-corrected chi connectivity index (χ2v) is 13.1. The van der Waals surface area contributed by atoms with E-state index < -0.39 is 10.1 Å². The van der Waals surface area contributed by atoms with E-state index in [9.17, 15) is 13.2 Å². The summed E-state index contributed by atoms with van der Waals surface area (Å²) < 4.78 is 65.4. The number of benzene rings is 1. The van der Waals surface area contributed by atoms with Gasteiger partial charge in [-0.05, 0) is 60.3 Å². The van der Waals surface area contributed by atoms with Crippen LogP contribution in [-0.2, 0) is 47.5 Å². The molecule has 14 nitrogen and oxygen atoms in total. The molecule has 16 heteroatoms. The number of ether oxygens (including phenoxy) is 7. The molecule has 0 aliphatic heterocycles. The standard InChI is InChI=1S/C31H50IN3O11S/c1-3-35(8-4-5-31(36)30-26-33-29-25-27(32)6-7-28(29)34-30)9-10-39-11-12-40-13-14-41-15-16-42-17-18-43-19-20-44-21-22-45-23-24-46-47(2,37)38/h6-7,25-26H,3-5,8-24H2,1-2H3. The summed E-state index contributed by atoms with van der Waals surface area (Å²) in [5.74, 6) is 0.0159. The number of carbonyl (C=O) groups is 1. The zero-order valence-corrected chi connectivity index (χ0v) is 30.5. The van der Waals surface area contributed by atoms with Gasteiger partial charge in [-0.2, -0.15) is 8.42 Å². The average molecular weight is 800 g/mol. The van der Waals surface area contributed by atoms with Crippen molar-refractivity contribution in [2.24, 2.45) is 0 Å². The number of rotatable bonds is 31. The molecule has 2 rings (SSSR count). The molecule has 0 unspecified atom stereocenters. The second-order valence-electron chi connectivity index (χ2n) is 10.2. The number of hydrogen-bond donors (Lipinski definition) is 0. The molecule has 0 radical (unpaired) electrons. The molecule has 1 aromatic carbocycles. The van der Waals surface area contributed by atoms with Gasteiger partial charge in [0.05, 0.1) is 123 Å². The Morgan fingerprint density at radius 2 is 1.21 bits per heavy atom. The van der Waals surface area contributed by atoms with Crippen molar-refractivity contribution >= 4 is 49.5 Å². The van der Waals surface area contributed by atoms with Crippen LogP contribution in [0.2, 0.25) is 0 Å². The van der Waals surface area contributed by atoms with Gasteiger partial charge >= 0.3 is 0 Å². The highest BCUT2D eigenvalue weighted by molar-refractivity contribution is 14.1.